The molecule has 7 heteroatoms. The first-order valence-electron chi connectivity index (χ1n) is 11.0. The van der Waals surface area contributed by atoms with Gasteiger partial charge in [0.1, 0.15) is 5.82 Å². The van der Waals surface area contributed by atoms with E-state index in [0.29, 0.717) is 11.5 Å². The zero-order chi connectivity index (χ0) is 24.3. The van der Waals surface area contributed by atoms with Crippen molar-refractivity contribution in [3.05, 3.63) is 70.4 Å². The molecule has 3 rings (SSSR count). The zero-order valence-corrected chi connectivity index (χ0v) is 20.5. The molecule has 0 aliphatic rings. The normalized spacial score (nSPS) is 11.2. The molecule has 0 aliphatic heterocycles. The second kappa shape index (κ2) is 9.48. The first-order chi connectivity index (χ1) is 15.4. The molecular weight excluding hydrogens is 414 g/mol. The number of rotatable bonds is 5. The molecule has 7 nitrogen and oxygen atoms in total. The number of benzene rings is 2. The topological polar surface area (TPSA) is 88.1 Å². The lowest BCUT2D eigenvalue weighted by molar-refractivity contribution is -0.115. The highest BCUT2D eigenvalue weighted by molar-refractivity contribution is 5.96. The Morgan fingerprint density at radius 3 is 2.24 bits per heavy atom. The Kier molecular flexibility index (Phi) is 6.91. The number of carbonyl (C=O) groups excluding carboxylic acids is 2. The average molecular weight is 448 g/mol. The number of nitrogens with one attached hydrogen (secondary N) is 3. The standard InChI is InChI=1S/C26H33N5O2/c1-16-8-11-21(19(4)12-16)31-23(14-22(30-31)26(5,6)7)29-24(32)15-27-25(33)28-20-10-9-17(2)18(3)13-20/h8-14H,15H2,1-7H3,(H,29,32)(H2,27,28,33). The first-order valence-corrected chi connectivity index (χ1v) is 11.0. The fourth-order valence-corrected chi connectivity index (χ4v) is 3.41. The van der Waals surface area contributed by atoms with Crippen molar-refractivity contribution in [1.82, 2.24) is 15.1 Å². The Morgan fingerprint density at radius 1 is 0.879 bits per heavy atom. The third-order valence-corrected chi connectivity index (χ3v) is 5.50. The van der Waals surface area contributed by atoms with E-state index in [9.17, 15) is 9.59 Å². The minimum Gasteiger partial charge on any atom is -0.329 e. The Morgan fingerprint density at radius 2 is 1.61 bits per heavy atom. The Hall–Kier alpha value is -3.61. The van der Waals surface area contributed by atoms with E-state index >= 15 is 0 Å². The summed E-state index contributed by atoms with van der Waals surface area (Å²) >= 11 is 0. The number of aryl methyl sites for hydroxylation is 4. The summed E-state index contributed by atoms with van der Waals surface area (Å²) in [7, 11) is 0. The van der Waals surface area contributed by atoms with Gasteiger partial charge in [0.25, 0.3) is 0 Å². The van der Waals surface area contributed by atoms with Crippen LogP contribution in [0.25, 0.3) is 5.69 Å². The van der Waals surface area contributed by atoms with Gasteiger partial charge in [-0.15, -0.1) is 0 Å². The molecule has 2 aromatic carbocycles. The fraction of sp³-hybridized carbons (Fsp3) is 0.346. The summed E-state index contributed by atoms with van der Waals surface area (Å²) in [5.41, 5.74) is 6.69. The maximum absolute atomic E-state index is 12.7. The van der Waals surface area contributed by atoms with Crippen molar-refractivity contribution < 1.29 is 9.59 Å². The van der Waals surface area contributed by atoms with E-state index in [4.69, 9.17) is 5.10 Å². The van der Waals surface area contributed by atoms with Crippen LogP contribution >= 0.6 is 0 Å². The van der Waals surface area contributed by atoms with Gasteiger partial charge in [-0.3, -0.25) is 4.79 Å². The van der Waals surface area contributed by atoms with Crippen LogP contribution in [0.5, 0.6) is 0 Å². The molecule has 0 atom stereocenters. The molecule has 0 fully saturated rings. The number of aromatic nitrogens is 2. The summed E-state index contributed by atoms with van der Waals surface area (Å²) in [5.74, 6) is 0.227. The highest BCUT2D eigenvalue weighted by atomic mass is 16.2. The number of amides is 3. The van der Waals surface area contributed by atoms with Crippen LogP contribution in [0.4, 0.5) is 16.3 Å². The predicted molar refractivity (Wildman–Crippen MR) is 133 cm³/mol. The van der Waals surface area contributed by atoms with Gasteiger partial charge < -0.3 is 16.0 Å². The summed E-state index contributed by atoms with van der Waals surface area (Å²) in [6.45, 7) is 14.1. The highest BCUT2D eigenvalue weighted by Gasteiger charge is 2.22. The summed E-state index contributed by atoms with van der Waals surface area (Å²) in [6, 6.07) is 13.2. The monoisotopic (exact) mass is 447 g/mol. The lowest BCUT2D eigenvalue weighted by Crippen LogP contribution is -2.36. The third-order valence-electron chi connectivity index (χ3n) is 5.50. The lowest BCUT2D eigenvalue weighted by Gasteiger charge is -2.14. The van der Waals surface area contributed by atoms with Crippen molar-refractivity contribution >= 4 is 23.4 Å². The molecule has 1 heterocycles. The Bertz CT molecular complexity index is 1190. The average Bonchev–Trinajstić information content (AvgIpc) is 3.13. The molecular formula is C26H33N5O2. The molecule has 0 saturated heterocycles. The van der Waals surface area contributed by atoms with Gasteiger partial charge in [-0.25, -0.2) is 9.48 Å². The molecule has 3 N–H and O–H groups in total. The van der Waals surface area contributed by atoms with E-state index in [1.54, 1.807) is 4.68 Å². The molecule has 33 heavy (non-hydrogen) atoms. The molecule has 0 aliphatic carbocycles. The minimum atomic E-state index is -0.438. The number of hydrogen-bond acceptors (Lipinski definition) is 3. The van der Waals surface area contributed by atoms with E-state index in [1.165, 1.54) is 0 Å². The molecule has 0 radical (unpaired) electrons. The van der Waals surface area contributed by atoms with Gasteiger partial charge in [0.15, 0.2) is 0 Å². The fourth-order valence-electron chi connectivity index (χ4n) is 3.41. The number of urea groups is 1. The third kappa shape index (κ3) is 6.00. The quantitative estimate of drug-likeness (QED) is 0.505. The van der Waals surface area contributed by atoms with Crippen LogP contribution in [-0.4, -0.2) is 28.3 Å². The van der Waals surface area contributed by atoms with Gasteiger partial charge in [-0.1, -0.05) is 44.5 Å². The number of carbonyl (C=O) groups is 2. The van der Waals surface area contributed by atoms with E-state index < -0.39 is 6.03 Å². The summed E-state index contributed by atoms with van der Waals surface area (Å²) in [6.07, 6.45) is 0. The van der Waals surface area contributed by atoms with Gasteiger partial charge in [0.05, 0.1) is 17.9 Å². The van der Waals surface area contributed by atoms with Gasteiger partial charge in [0, 0.05) is 17.2 Å². The summed E-state index contributed by atoms with van der Waals surface area (Å²) in [5, 5.41) is 13.0. The van der Waals surface area contributed by atoms with E-state index in [-0.39, 0.29) is 17.9 Å². The highest BCUT2D eigenvalue weighted by Crippen LogP contribution is 2.27. The SMILES string of the molecule is Cc1ccc(-n2nc(C(C)(C)C)cc2NC(=O)CNC(=O)Nc2ccc(C)c(C)c2)c(C)c1. The second-order valence-electron chi connectivity index (χ2n) is 9.52. The van der Waals surface area contributed by atoms with Crippen molar-refractivity contribution in [2.75, 3.05) is 17.2 Å². The van der Waals surface area contributed by atoms with Crippen LogP contribution in [0.15, 0.2) is 42.5 Å². The molecule has 0 bridgehead atoms. The van der Waals surface area contributed by atoms with Crippen molar-refractivity contribution in [1.29, 1.82) is 0 Å². The van der Waals surface area contributed by atoms with Crippen molar-refractivity contribution in [2.24, 2.45) is 0 Å². The van der Waals surface area contributed by atoms with Gasteiger partial charge in [0.2, 0.25) is 5.91 Å². The van der Waals surface area contributed by atoms with E-state index in [2.05, 4.69) is 42.8 Å². The van der Waals surface area contributed by atoms with E-state index in [0.717, 1.165) is 33.6 Å². The second-order valence-corrected chi connectivity index (χ2v) is 9.52. The molecule has 0 spiro atoms. The predicted octanol–water partition coefficient (Wildman–Crippen LogP) is 5.16. The maximum atomic E-state index is 12.7. The molecule has 1 aromatic heterocycles. The molecule has 3 aromatic rings. The summed E-state index contributed by atoms with van der Waals surface area (Å²) < 4.78 is 1.75. The molecule has 0 unspecified atom stereocenters. The van der Waals surface area contributed by atoms with Crippen molar-refractivity contribution in [3.63, 3.8) is 0 Å². The number of nitrogens with zero attached hydrogens (tertiary/aromatic N) is 2. The minimum absolute atomic E-state index is 0.167. The Balaban J connectivity index is 1.72. The lowest BCUT2D eigenvalue weighted by atomic mass is 9.92. The van der Waals surface area contributed by atoms with Crippen LogP contribution < -0.4 is 16.0 Å². The zero-order valence-electron chi connectivity index (χ0n) is 20.5. The van der Waals surface area contributed by atoms with Crippen LogP contribution in [0.2, 0.25) is 0 Å². The van der Waals surface area contributed by atoms with Crippen molar-refractivity contribution in [2.45, 2.75) is 53.9 Å². The first kappa shape index (κ1) is 24.0. The number of hydrogen-bond donors (Lipinski definition) is 3. The molecule has 0 saturated carbocycles. The van der Waals surface area contributed by atoms with E-state index in [1.807, 2.05) is 64.1 Å². The number of anilines is 2. The van der Waals surface area contributed by atoms with Crippen LogP contribution in [0, 0.1) is 27.7 Å². The molecule has 3 amide bonds. The van der Waals surface area contributed by atoms with Crippen LogP contribution in [-0.2, 0) is 10.2 Å². The smallest absolute Gasteiger partial charge is 0.319 e. The van der Waals surface area contributed by atoms with Crippen LogP contribution in [0.3, 0.4) is 0 Å². The maximum Gasteiger partial charge on any atom is 0.319 e. The largest absolute Gasteiger partial charge is 0.329 e. The summed E-state index contributed by atoms with van der Waals surface area (Å²) in [4.78, 5) is 24.9. The van der Waals surface area contributed by atoms with Gasteiger partial charge >= 0.3 is 6.03 Å². The van der Waals surface area contributed by atoms with Crippen LogP contribution in [0.1, 0.15) is 48.7 Å². The molecule has 174 valence electrons. The Labute approximate surface area is 195 Å². The van der Waals surface area contributed by atoms with Gasteiger partial charge in [-0.05, 0) is 62.6 Å². The van der Waals surface area contributed by atoms with Gasteiger partial charge in [-0.2, -0.15) is 5.10 Å². The van der Waals surface area contributed by atoms with Crippen molar-refractivity contribution in [3.8, 4) is 5.69 Å².